The summed E-state index contributed by atoms with van der Waals surface area (Å²) in [7, 11) is 0. The molecule has 0 amide bonds. The molecule has 0 aliphatic carbocycles. The zero-order valence-corrected chi connectivity index (χ0v) is 7.67. The van der Waals surface area contributed by atoms with E-state index in [2.05, 4.69) is 42.7 Å². The van der Waals surface area contributed by atoms with Crippen LogP contribution in [0.4, 0.5) is 0 Å². The monoisotopic (exact) mass is 160 g/mol. The highest BCUT2D eigenvalue weighted by Gasteiger charge is 2.22. The quantitative estimate of drug-likeness (QED) is 0.553. The summed E-state index contributed by atoms with van der Waals surface area (Å²) in [6.45, 7) is 6.61. The minimum atomic E-state index is 1.10. The summed E-state index contributed by atoms with van der Waals surface area (Å²) >= 11 is 0. The lowest BCUT2D eigenvalue weighted by Crippen LogP contribution is -2.11. The molecule has 0 spiro atoms. The van der Waals surface area contributed by atoms with Crippen molar-refractivity contribution in [2.75, 3.05) is 6.54 Å². The predicted molar refractivity (Wildman–Crippen MR) is 50.7 cm³/mol. The van der Waals surface area contributed by atoms with Crippen LogP contribution in [-0.2, 0) is 6.54 Å². The third-order valence-corrected chi connectivity index (χ3v) is 2.62. The van der Waals surface area contributed by atoms with Crippen molar-refractivity contribution in [1.82, 2.24) is 0 Å². The molecule has 0 unspecified atom stereocenters. The lowest BCUT2D eigenvalue weighted by atomic mass is 10.1. The van der Waals surface area contributed by atoms with E-state index in [1.165, 1.54) is 16.8 Å². The van der Waals surface area contributed by atoms with Crippen molar-refractivity contribution < 1.29 is 4.58 Å². The maximum Gasteiger partial charge on any atom is 0.180 e. The molecule has 0 radical (unpaired) electrons. The van der Waals surface area contributed by atoms with E-state index in [1.54, 1.807) is 0 Å². The largest absolute Gasteiger partial charge is 0.229 e. The lowest BCUT2D eigenvalue weighted by molar-refractivity contribution is -0.535. The molecule has 0 N–H and O–H groups in total. The standard InChI is InChI=1S/C11H14N/c1-3-12-8-10-6-4-5-7-11(10)9(12)2/h4-7H,3,8H2,1-2H3/q+1. The Labute approximate surface area is 73.4 Å². The van der Waals surface area contributed by atoms with Gasteiger partial charge in [-0.3, -0.25) is 0 Å². The summed E-state index contributed by atoms with van der Waals surface area (Å²) in [5, 5.41) is 0. The Kier molecular flexibility index (Phi) is 1.72. The molecule has 1 aliphatic rings. The van der Waals surface area contributed by atoms with Crippen LogP contribution in [0.15, 0.2) is 24.3 Å². The molecule has 0 aromatic heterocycles. The van der Waals surface area contributed by atoms with Crippen molar-refractivity contribution in [2.45, 2.75) is 20.4 Å². The Morgan fingerprint density at radius 3 is 2.75 bits per heavy atom. The number of hydrogen-bond acceptors (Lipinski definition) is 0. The summed E-state index contributed by atoms with van der Waals surface area (Å²) in [6.07, 6.45) is 0. The first-order valence-corrected chi connectivity index (χ1v) is 4.49. The van der Waals surface area contributed by atoms with Gasteiger partial charge in [-0.2, -0.15) is 0 Å². The Morgan fingerprint density at radius 1 is 1.33 bits per heavy atom. The van der Waals surface area contributed by atoms with Crippen LogP contribution in [0.25, 0.3) is 0 Å². The minimum Gasteiger partial charge on any atom is -0.229 e. The van der Waals surface area contributed by atoms with Crippen molar-refractivity contribution in [2.24, 2.45) is 0 Å². The van der Waals surface area contributed by atoms with Gasteiger partial charge in [0.15, 0.2) is 12.3 Å². The average Bonchev–Trinajstić information content (AvgIpc) is 2.44. The molecule has 1 nitrogen and oxygen atoms in total. The van der Waals surface area contributed by atoms with Gasteiger partial charge in [0.25, 0.3) is 0 Å². The van der Waals surface area contributed by atoms with Gasteiger partial charge in [0.05, 0.1) is 5.56 Å². The first-order chi connectivity index (χ1) is 5.83. The smallest absolute Gasteiger partial charge is 0.180 e. The summed E-state index contributed by atoms with van der Waals surface area (Å²) in [5.74, 6) is 0. The van der Waals surface area contributed by atoms with E-state index in [0.29, 0.717) is 0 Å². The molecule has 1 aromatic carbocycles. The van der Waals surface area contributed by atoms with Crippen LogP contribution < -0.4 is 0 Å². The van der Waals surface area contributed by atoms with E-state index in [0.717, 1.165) is 13.1 Å². The molecular formula is C11H14N+. The van der Waals surface area contributed by atoms with Gasteiger partial charge in [0.2, 0.25) is 0 Å². The van der Waals surface area contributed by atoms with Crippen LogP contribution in [0.3, 0.4) is 0 Å². The third kappa shape index (κ3) is 0.970. The molecule has 2 rings (SSSR count). The molecular weight excluding hydrogens is 146 g/mol. The van der Waals surface area contributed by atoms with Crippen molar-refractivity contribution >= 4 is 5.71 Å². The van der Waals surface area contributed by atoms with E-state index in [1.807, 2.05) is 0 Å². The first-order valence-electron chi connectivity index (χ1n) is 4.49. The van der Waals surface area contributed by atoms with Crippen LogP contribution in [0.2, 0.25) is 0 Å². The van der Waals surface area contributed by atoms with Crippen LogP contribution >= 0.6 is 0 Å². The number of hydrogen-bond donors (Lipinski definition) is 0. The number of benzene rings is 1. The summed E-state index contributed by atoms with van der Waals surface area (Å²) in [4.78, 5) is 0. The maximum absolute atomic E-state index is 2.41. The summed E-state index contributed by atoms with van der Waals surface area (Å²) in [6, 6.07) is 8.65. The molecule has 62 valence electrons. The number of rotatable bonds is 1. The van der Waals surface area contributed by atoms with Crippen LogP contribution in [0.1, 0.15) is 25.0 Å². The minimum absolute atomic E-state index is 1.10. The molecule has 0 fully saturated rings. The Balaban J connectivity index is 2.50. The second-order valence-electron chi connectivity index (χ2n) is 3.26. The predicted octanol–water partition coefficient (Wildman–Crippen LogP) is 2.04. The van der Waals surface area contributed by atoms with E-state index in [4.69, 9.17) is 0 Å². The van der Waals surface area contributed by atoms with Gasteiger partial charge < -0.3 is 0 Å². The van der Waals surface area contributed by atoms with Gasteiger partial charge in [-0.1, -0.05) is 18.2 Å². The van der Waals surface area contributed by atoms with Crippen molar-refractivity contribution in [3.05, 3.63) is 35.4 Å². The van der Waals surface area contributed by atoms with E-state index in [9.17, 15) is 0 Å². The van der Waals surface area contributed by atoms with E-state index in [-0.39, 0.29) is 0 Å². The van der Waals surface area contributed by atoms with Crippen molar-refractivity contribution in [3.63, 3.8) is 0 Å². The molecule has 0 atom stereocenters. The molecule has 1 heterocycles. The number of nitrogens with zero attached hydrogens (tertiary/aromatic N) is 1. The summed E-state index contributed by atoms with van der Waals surface area (Å²) < 4.78 is 2.41. The van der Waals surface area contributed by atoms with E-state index >= 15 is 0 Å². The first kappa shape index (κ1) is 7.53. The Bertz CT molecular complexity index is 337. The molecule has 0 bridgehead atoms. The van der Waals surface area contributed by atoms with Crippen molar-refractivity contribution in [1.29, 1.82) is 0 Å². The van der Waals surface area contributed by atoms with E-state index < -0.39 is 0 Å². The third-order valence-electron chi connectivity index (χ3n) is 2.62. The Hall–Kier alpha value is -1.11. The molecule has 1 heteroatoms. The molecule has 1 aliphatic heterocycles. The SMILES string of the molecule is CC[N+]1=C(C)c2ccccc2C1. The Morgan fingerprint density at radius 2 is 2.08 bits per heavy atom. The lowest BCUT2D eigenvalue weighted by Gasteiger charge is -1.91. The molecule has 0 saturated heterocycles. The maximum atomic E-state index is 2.41. The van der Waals surface area contributed by atoms with Gasteiger partial charge in [-0.15, -0.1) is 0 Å². The van der Waals surface area contributed by atoms with Gasteiger partial charge in [0, 0.05) is 12.5 Å². The van der Waals surface area contributed by atoms with Crippen molar-refractivity contribution in [3.8, 4) is 0 Å². The van der Waals surface area contributed by atoms with Crippen LogP contribution in [0, 0.1) is 0 Å². The highest BCUT2D eigenvalue weighted by Crippen LogP contribution is 2.17. The second kappa shape index (κ2) is 2.74. The fourth-order valence-corrected chi connectivity index (χ4v) is 1.85. The van der Waals surface area contributed by atoms with Gasteiger partial charge in [-0.25, -0.2) is 4.58 Å². The van der Waals surface area contributed by atoms with Gasteiger partial charge >= 0.3 is 0 Å². The topological polar surface area (TPSA) is 3.01 Å². The number of fused-ring (bicyclic) bond motifs is 1. The van der Waals surface area contributed by atoms with Crippen LogP contribution in [0.5, 0.6) is 0 Å². The molecule has 0 saturated carbocycles. The second-order valence-corrected chi connectivity index (χ2v) is 3.26. The fraction of sp³-hybridized carbons (Fsp3) is 0.364. The molecule has 12 heavy (non-hydrogen) atoms. The highest BCUT2D eigenvalue weighted by atomic mass is 15.0. The average molecular weight is 160 g/mol. The van der Waals surface area contributed by atoms with Gasteiger partial charge in [0.1, 0.15) is 6.54 Å². The zero-order valence-electron chi connectivity index (χ0n) is 7.67. The molecule has 1 aromatic rings. The fourth-order valence-electron chi connectivity index (χ4n) is 1.85. The zero-order chi connectivity index (χ0) is 8.55. The summed E-state index contributed by atoms with van der Waals surface area (Å²) in [5.41, 5.74) is 4.32. The normalized spacial score (nSPS) is 15.2. The van der Waals surface area contributed by atoms with Gasteiger partial charge in [-0.05, 0) is 13.0 Å². The highest BCUT2D eigenvalue weighted by molar-refractivity contribution is 5.97. The van der Waals surface area contributed by atoms with Crippen LogP contribution in [-0.4, -0.2) is 16.8 Å².